The molecule has 2 heterocycles. The molecular weight excluding hydrogens is 298 g/mol. The second-order valence-electron chi connectivity index (χ2n) is 4.37. The van der Waals surface area contributed by atoms with Crippen LogP contribution in [0.15, 0.2) is 4.99 Å². The van der Waals surface area contributed by atoms with Crippen LogP contribution in [0.2, 0.25) is 0 Å². The maximum atomic E-state index is 10.0. The minimum absolute atomic E-state index is 0.0295. The topological polar surface area (TPSA) is 130 Å². The van der Waals surface area contributed by atoms with Gasteiger partial charge in [0.25, 0.3) is 0 Å². The Bertz CT molecular complexity index is 407. The fraction of sp³-hybridized carbons (Fsp3) is 0.778. The van der Waals surface area contributed by atoms with E-state index in [4.69, 9.17) is 39.0 Å². The molecule has 2 aliphatic heterocycles. The van der Waals surface area contributed by atoms with Crippen LogP contribution in [-0.4, -0.2) is 69.1 Å². The SMILES string of the molecule is N/C(Cl)=N\C(=S)N[C@H]1[C@H]2OC[C@](CO)(O2)[C@H](O)[C@@H]1O. The summed E-state index contributed by atoms with van der Waals surface area (Å²) in [4.78, 5) is 3.58. The summed E-state index contributed by atoms with van der Waals surface area (Å²) in [6.07, 6.45) is -3.44. The fourth-order valence-corrected chi connectivity index (χ4v) is 2.49. The number of thiocarbonyl (C=S) groups is 1. The van der Waals surface area contributed by atoms with Crippen molar-refractivity contribution in [2.45, 2.75) is 30.1 Å². The smallest absolute Gasteiger partial charge is 0.196 e. The standard InChI is InChI=1S/C9H14ClN3O5S/c10-7(11)13-8(19)12-3-4(15)5(16)9(1-14)2-17-6(3)18-9/h3-6,14-16H,1-2H2,(H3,11,12,13,19)/t3-,4-,5-,6+,9+/m1/s1. The molecule has 8 nitrogen and oxygen atoms in total. The van der Waals surface area contributed by atoms with Crippen molar-refractivity contribution in [2.75, 3.05) is 13.2 Å². The first-order valence-corrected chi connectivity index (χ1v) is 6.25. The molecule has 108 valence electrons. The van der Waals surface area contributed by atoms with Crippen molar-refractivity contribution in [3.05, 3.63) is 0 Å². The van der Waals surface area contributed by atoms with Crippen molar-refractivity contribution in [1.82, 2.24) is 5.32 Å². The molecule has 2 fully saturated rings. The molecule has 19 heavy (non-hydrogen) atoms. The van der Waals surface area contributed by atoms with Gasteiger partial charge in [0.05, 0.1) is 13.2 Å². The molecule has 6 N–H and O–H groups in total. The van der Waals surface area contributed by atoms with Gasteiger partial charge in [0, 0.05) is 0 Å². The van der Waals surface area contributed by atoms with E-state index in [1.54, 1.807) is 0 Å². The zero-order chi connectivity index (χ0) is 14.2. The van der Waals surface area contributed by atoms with Crippen molar-refractivity contribution in [2.24, 2.45) is 10.7 Å². The van der Waals surface area contributed by atoms with E-state index in [2.05, 4.69) is 10.3 Å². The monoisotopic (exact) mass is 311 g/mol. The van der Waals surface area contributed by atoms with Crippen LogP contribution in [0.4, 0.5) is 0 Å². The zero-order valence-electron chi connectivity index (χ0n) is 9.69. The predicted octanol–water partition coefficient (Wildman–Crippen LogP) is -2.38. The normalized spacial score (nSPS) is 42.2. The molecular formula is C9H14ClN3O5S. The number of aliphatic hydroxyl groups excluding tert-OH is 3. The molecule has 0 saturated carbocycles. The molecule has 2 aliphatic rings. The van der Waals surface area contributed by atoms with Gasteiger partial charge < -0.3 is 35.8 Å². The van der Waals surface area contributed by atoms with Crippen LogP contribution < -0.4 is 11.1 Å². The van der Waals surface area contributed by atoms with Crippen LogP contribution in [0.3, 0.4) is 0 Å². The van der Waals surface area contributed by atoms with Crippen LogP contribution >= 0.6 is 23.8 Å². The van der Waals surface area contributed by atoms with Gasteiger partial charge in [-0.25, -0.2) is 0 Å². The highest BCUT2D eigenvalue weighted by molar-refractivity contribution is 7.80. The van der Waals surface area contributed by atoms with Crippen molar-refractivity contribution in [1.29, 1.82) is 0 Å². The van der Waals surface area contributed by atoms with Gasteiger partial charge in [0.15, 0.2) is 16.7 Å². The van der Waals surface area contributed by atoms with Gasteiger partial charge in [-0.2, -0.15) is 4.99 Å². The van der Waals surface area contributed by atoms with Gasteiger partial charge >= 0.3 is 0 Å². The Balaban J connectivity index is 2.12. The number of rotatable bonds is 2. The highest BCUT2D eigenvalue weighted by Gasteiger charge is 2.59. The molecule has 0 spiro atoms. The quantitative estimate of drug-likeness (QED) is 0.165. The van der Waals surface area contributed by atoms with E-state index in [1.807, 2.05) is 0 Å². The van der Waals surface area contributed by atoms with Crippen LogP contribution in [-0.2, 0) is 9.47 Å². The zero-order valence-corrected chi connectivity index (χ0v) is 11.3. The lowest BCUT2D eigenvalue weighted by Gasteiger charge is -2.42. The third-order valence-electron chi connectivity index (χ3n) is 3.13. The maximum absolute atomic E-state index is 10.0. The number of ether oxygens (including phenoxy) is 2. The number of halogens is 1. The lowest BCUT2D eigenvalue weighted by molar-refractivity contribution is -0.231. The Morgan fingerprint density at radius 2 is 2.26 bits per heavy atom. The Morgan fingerprint density at radius 1 is 1.58 bits per heavy atom. The average molecular weight is 312 g/mol. The first-order chi connectivity index (χ1) is 8.89. The summed E-state index contributed by atoms with van der Waals surface area (Å²) in [6.45, 7) is -0.496. The van der Waals surface area contributed by atoms with E-state index in [9.17, 15) is 15.3 Å². The lowest BCUT2D eigenvalue weighted by atomic mass is 9.88. The summed E-state index contributed by atoms with van der Waals surface area (Å²) in [7, 11) is 0. The number of amidine groups is 1. The number of fused-ring (bicyclic) bond motifs is 2. The van der Waals surface area contributed by atoms with E-state index in [-0.39, 0.29) is 17.0 Å². The van der Waals surface area contributed by atoms with Gasteiger partial charge in [-0.1, -0.05) is 0 Å². The van der Waals surface area contributed by atoms with Gasteiger partial charge in [-0.15, -0.1) is 0 Å². The molecule has 0 unspecified atom stereocenters. The van der Waals surface area contributed by atoms with Gasteiger partial charge in [-0.3, -0.25) is 0 Å². The summed E-state index contributed by atoms with van der Waals surface area (Å²) >= 11 is 10.2. The van der Waals surface area contributed by atoms with Crippen LogP contribution in [0, 0.1) is 0 Å². The minimum atomic E-state index is -1.33. The van der Waals surface area contributed by atoms with E-state index in [1.165, 1.54) is 0 Å². The first kappa shape index (κ1) is 14.9. The summed E-state index contributed by atoms with van der Waals surface area (Å²) in [6, 6.07) is -0.843. The molecule has 10 heteroatoms. The molecule has 2 saturated heterocycles. The Hall–Kier alpha value is -0.550. The van der Waals surface area contributed by atoms with Gasteiger partial charge in [-0.05, 0) is 23.8 Å². The Labute approximate surface area is 119 Å². The van der Waals surface area contributed by atoms with Crippen molar-refractivity contribution >= 4 is 34.2 Å². The Kier molecular flexibility index (Phi) is 4.26. The van der Waals surface area contributed by atoms with Crippen molar-refractivity contribution < 1.29 is 24.8 Å². The van der Waals surface area contributed by atoms with E-state index >= 15 is 0 Å². The number of nitrogens with two attached hydrogens (primary N) is 1. The molecule has 0 amide bonds. The summed E-state index contributed by atoms with van der Waals surface area (Å²) in [5, 5.41) is 31.6. The number of hydrogen-bond donors (Lipinski definition) is 5. The highest BCUT2D eigenvalue weighted by atomic mass is 35.5. The summed E-state index contributed by atoms with van der Waals surface area (Å²) in [5.74, 6) is 0. The fourth-order valence-electron chi connectivity index (χ4n) is 2.12. The summed E-state index contributed by atoms with van der Waals surface area (Å²) < 4.78 is 10.7. The predicted molar refractivity (Wildman–Crippen MR) is 69.7 cm³/mol. The van der Waals surface area contributed by atoms with E-state index in [0.29, 0.717) is 0 Å². The van der Waals surface area contributed by atoms with Crippen LogP contribution in [0.25, 0.3) is 0 Å². The van der Waals surface area contributed by atoms with E-state index in [0.717, 1.165) is 0 Å². The molecule has 2 bridgehead atoms. The maximum Gasteiger partial charge on any atom is 0.196 e. The number of hydrogen-bond acceptors (Lipinski definition) is 6. The van der Waals surface area contributed by atoms with Crippen molar-refractivity contribution in [3.63, 3.8) is 0 Å². The highest BCUT2D eigenvalue weighted by Crippen LogP contribution is 2.36. The second-order valence-corrected chi connectivity index (χ2v) is 5.14. The molecule has 5 atom stereocenters. The lowest BCUT2D eigenvalue weighted by Crippen LogP contribution is -2.66. The molecule has 0 aromatic heterocycles. The van der Waals surface area contributed by atoms with Crippen LogP contribution in [0.5, 0.6) is 0 Å². The summed E-state index contributed by atoms with van der Waals surface area (Å²) in [5.41, 5.74) is 3.85. The first-order valence-electron chi connectivity index (χ1n) is 5.46. The van der Waals surface area contributed by atoms with Gasteiger partial charge in [0.1, 0.15) is 23.9 Å². The van der Waals surface area contributed by atoms with E-state index < -0.39 is 36.7 Å². The molecule has 0 aliphatic carbocycles. The third kappa shape index (κ3) is 2.68. The average Bonchev–Trinajstić information content (AvgIpc) is 2.74. The minimum Gasteiger partial charge on any atom is -0.393 e. The third-order valence-corrected chi connectivity index (χ3v) is 3.43. The number of aliphatic hydroxyl groups is 3. The Morgan fingerprint density at radius 3 is 2.84 bits per heavy atom. The van der Waals surface area contributed by atoms with Gasteiger partial charge in [0.2, 0.25) is 0 Å². The number of nitrogens with zero attached hydrogens (tertiary/aromatic N) is 1. The second kappa shape index (κ2) is 5.44. The molecule has 0 aromatic carbocycles. The molecule has 0 aromatic rings. The molecule has 2 rings (SSSR count). The number of aliphatic imine (C=N–C) groups is 1. The number of nitrogens with one attached hydrogen (secondary N) is 1. The largest absolute Gasteiger partial charge is 0.393 e. The van der Waals surface area contributed by atoms with Crippen LogP contribution in [0.1, 0.15) is 0 Å². The molecule has 0 radical (unpaired) electrons. The van der Waals surface area contributed by atoms with Crippen molar-refractivity contribution in [3.8, 4) is 0 Å².